The van der Waals surface area contributed by atoms with E-state index in [4.69, 9.17) is 20.4 Å². The van der Waals surface area contributed by atoms with Crippen molar-refractivity contribution >= 4 is 11.5 Å². The summed E-state index contributed by atoms with van der Waals surface area (Å²) in [4.78, 5) is 10.3. The second-order valence-electron chi connectivity index (χ2n) is 3.99. The van der Waals surface area contributed by atoms with Gasteiger partial charge in [-0.15, -0.1) is 0 Å². The van der Waals surface area contributed by atoms with Crippen molar-refractivity contribution in [3.63, 3.8) is 0 Å². The van der Waals surface area contributed by atoms with Crippen LogP contribution >= 0.6 is 0 Å². The Morgan fingerprint density at radius 2 is 2.25 bits per heavy atom. The fraction of sp³-hybridized carbons (Fsp3) is 0.417. The van der Waals surface area contributed by atoms with Crippen molar-refractivity contribution in [3.8, 4) is 11.5 Å². The smallest absolute Gasteiger partial charge is 0.314 e. The van der Waals surface area contributed by atoms with Gasteiger partial charge in [0.05, 0.1) is 24.7 Å². The molecule has 0 amide bonds. The van der Waals surface area contributed by atoms with Crippen LogP contribution in [-0.2, 0) is 0 Å². The number of ether oxygens (including phenoxy) is 2. The van der Waals surface area contributed by atoms with Crippen molar-refractivity contribution in [3.05, 3.63) is 28.3 Å². The van der Waals surface area contributed by atoms with Gasteiger partial charge in [-0.05, 0) is 25.0 Å². The van der Waals surface area contributed by atoms with E-state index in [1.165, 1.54) is 19.2 Å². The van der Waals surface area contributed by atoms with E-state index >= 15 is 0 Å². The summed E-state index contributed by atoms with van der Waals surface area (Å²) in [5.74, 6) is 0.765. The molecule has 1 aromatic carbocycles. The van der Waals surface area contributed by atoms with E-state index in [0.29, 0.717) is 31.6 Å². The Labute approximate surface area is 115 Å². The van der Waals surface area contributed by atoms with Crippen molar-refractivity contribution in [1.82, 2.24) is 0 Å². The van der Waals surface area contributed by atoms with Gasteiger partial charge in [0.25, 0.3) is 0 Å². The van der Waals surface area contributed by atoms with E-state index in [-0.39, 0.29) is 17.3 Å². The molecule has 3 N–H and O–H groups in total. The van der Waals surface area contributed by atoms with E-state index in [9.17, 15) is 10.1 Å². The Morgan fingerprint density at radius 1 is 1.50 bits per heavy atom. The molecule has 0 saturated carbocycles. The maximum Gasteiger partial charge on any atom is 0.314 e. The first-order valence-corrected chi connectivity index (χ1v) is 6.00. The molecule has 0 radical (unpaired) electrons. The van der Waals surface area contributed by atoms with Crippen molar-refractivity contribution in [2.75, 3.05) is 13.7 Å². The summed E-state index contributed by atoms with van der Waals surface area (Å²) < 4.78 is 10.3. The van der Waals surface area contributed by atoms with Crippen LogP contribution in [0.2, 0.25) is 0 Å². The van der Waals surface area contributed by atoms with Crippen LogP contribution in [0, 0.1) is 10.1 Å². The molecule has 0 unspecified atom stereocenters. The van der Waals surface area contributed by atoms with Gasteiger partial charge in [0.1, 0.15) is 11.6 Å². The number of rotatable bonds is 8. The SMILES string of the molecule is COc1ccc(OCCCC/C(N)=N/O)cc1[N+](=O)[O-]. The van der Waals surface area contributed by atoms with Crippen LogP contribution in [0.15, 0.2) is 23.4 Å². The highest BCUT2D eigenvalue weighted by atomic mass is 16.6. The van der Waals surface area contributed by atoms with Crippen molar-refractivity contribution in [2.45, 2.75) is 19.3 Å². The molecule has 1 rings (SSSR count). The summed E-state index contributed by atoms with van der Waals surface area (Å²) in [6, 6.07) is 4.42. The van der Waals surface area contributed by atoms with E-state index in [1.807, 2.05) is 0 Å². The van der Waals surface area contributed by atoms with Gasteiger partial charge < -0.3 is 20.4 Å². The number of nitrogens with zero attached hydrogens (tertiary/aromatic N) is 2. The zero-order valence-electron chi connectivity index (χ0n) is 11.1. The molecular weight excluding hydrogens is 266 g/mol. The van der Waals surface area contributed by atoms with E-state index < -0.39 is 4.92 Å². The predicted octanol–water partition coefficient (Wildman–Crippen LogP) is 1.90. The Hall–Kier alpha value is -2.51. The van der Waals surface area contributed by atoms with Gasteiger partial charge in [0, 0.05) is 6.42 Å². The third kappa shape index (κ3) is 4.63. The van der Waals surface area contributed by atoms with E-state index in [1.54, 1.807) is 6.07 Å². The highest BCUT2D eigenvalue weighted by molar-refractivity contribution is 5.79. The normalized spacial score (nSPS) is 11.2. The lowest BCUT2D eigenvalue weighted by molar-refractivity contribution is -0.385. The molecule has 0 saturated heterocycles. The lowest BCUT2D eigenvalue weighted by Crippen LogP contribution is -2.11. The third-order valence-corrected chi connectivity index (χ3v) is 2.57. The van der Waals surface area contributed by atoms with Crippen LogP contribution < -0.4 is 15.2 Å². The predicted molar refractivity (Wildman–Crippen MR) is 72.4 cm³/mol. The molecule has 0 aliphatic carbocycles. The first kappa shape index (κ1) is 15.5. The number of benzene rings is 1. The first-order valence-electron chi connectivity index (χ1n) is 6.00. The number of unbranched alkanes of at least 4 members (excludes halogenated alkanes) is 1. The summed E-state index contributed by atoms with van der Waals surface area (Å²) >= 11 is 0. The largest absolute Gasteiger partial charge is 0.493 e. The quantitative estimate of drug-likeness (QED) is 0.188. The number of hydrogen-bond donors (Lipinski definition) is 2. The topological polar surface area (TPSA) is 120 Å². The molecular formula is C12H17N3O5. The number of methoxy groups -OCH3 is 1. The monoisotopic (exact) mass is 283 g/mol. The fourth-order valence-corrected chi connectivity index (χ4v) is 1.55. The number of amidine groups is 1. The maximum absolute atomic E-state index is 10.8. The Bertz CT molecular complexity index is 490. The standard InChI is InChI=1S/C12H17N3O5/c1-19-11-6-5-9(8-10(11)15(17)18)20-7-3-2-4-12(13)14-16/h5-6,8,16H,2-4,7H2,1H3,(H2,13,14). The fourth-order valence-electron chi connectivity index (χ4n) is 1.55. The molecule has 0 bridgehead atoms. The van der Waals surface area contributed by atoms with E-state index in [2.05, 4.69) is 5.16 Å². The summed E-state index contributed by atoms with van der Waals surface area (Å²) in [5, 5.41) is 22.1. The lowest BCUT2D eigenvalue weighted by Gasteiger charge is -2.07. The Kier molecular flexibility index (Phi) is 6.08. The highest BCUT2D eigenvalue weighted by Crippen LogP contribution is 2.30. The van der Waals surface area contributed by atoms with Gasteiger partial charge in [0.15, 0.2) is 5.75 Å². The molecule has 0 aromatic heterocycles. The zero-order valence-corrected chi connectivity index (χ0v) is 11.1. The van der Waals surface area contributed by atoms with Gasteiger partial charge in [-0.25, -0.2) is 0 Å². The molecule has 0 aliphatic rings. The van der Waals surface area contributed by atoms with Gasteiger partial charge >= 0.3 is 5.69 Å². The van der Waals surface area contributed by atoms with Gasteiger partial charge in [-0.3, -0.25) is 10.1 Å². The lowest BCUT2D eigenvalue weighted by atomic mass is 10.2. The summed E-state index contributed by atoms with van der Waals surface area (Å²) in [7, 11) is 1.37. The summed E-state index contributed by atoms with van der Waals surface area (Å²) in [6.07, 6.45) is 1.87. The number of oxime groups is 1. The minimum absolute atomic E-state index is 0.137. The van der Waals surface area contributed by atoms with Crippen molar-refractivity contribution in [1.29, 1.82) is 0 Å². The van der Waals surface area contributed by atoms with E-state index in [0.717, 1.165) is 0 Å². The molecule has 0 fully saturated rings. The van der Waals surface area contributed by atoms with Crippen LogP contribution in [0.3, 0.4) is 0 Å². The second-order valence-corrected chi connectivity index (χ2v) is 3.99. The molecule has 0 heterocycles. The van der Waals surface area contributed by atoms with Crippen LogP contribution in [0.4, 0.5) is 5.69 Å². The minimum atomic E-state index is -0.524. The Balaban J connectivity index is 2.48. The number of hydrogen-bond acceptors (Lipinski definition) is 6. The van der Waals surface area contributed by atoms with Gasteiger partial charge in [-0.2, -0.15) is 0 Å². The van der Waals surface area contributed by atoms with Crippen molar-refractivity contribution < 1.29 is 19.6 Å². The average Bonchev–Trinajstić information content (AvgIpc) is 2.46. The van der Waals surface area contributed by atoms with Gasteiger partial charge in [0.2, 0.25) is 0 Å². The summed E-state index contributed by atoms with van der Waals surface area (Å²) in [5.41, 5.74) is 5.18. The number of nitro benzene ring substituents is 1. The second kappa shape index (κ2) is 7.82. The number of nitrogens with two attached hydrogens (primary N) is 1. The molecule has 8 heteroatoms. The van der Waals surface area contributed by atoms with Crippen LogP contribution in [0.1, 0.15) is 19.3 Å². The molecule has 0 aliphatic heterocycles. The van der Waals surface area contributed by atoms with Crippen LogP contribution in [0.25, 0.3) is 0 Å². The summed E-state index contributed by atoms with van der Waals surface area (Å²) in [6.45, 7) is 0.391. The first-order chi connectivity index (χ1) is 9.58. The molecule has 0 spiro atoms. The maximum atomic E-state index is 10.8. The minimum Gasteiger partial charge on any atom is -0.493 e. The van der Waals surface area contributed by atoms with Crippen LogP contribution in [-0.4, -0.2) is 29.7 Å². The average molecular weight is 283 g/mol. The molecule has 1 aromatic rings. The van der Waals surface area contributed by atoms with Crippen LogP contribution in [0.5, 0.6) is 11.5 Å². The Morgan fingerprint density at radius 3 is 2.85 bits per heavy atom. The zero-order chi connectivity index (χ0) is 15.0. The highest BCUT2D eigenvalue weighted by Gasteiger charge is 2.15. The van der Waals surface area contributed by atoms with Gasteiger partial charge in [-0.1, -0.05) is 5.16 Å². The molecule has 110 valence electrons. The van der Waals surface area contributed by atoms with Crippen molar-refractivity contribution in [2.24, 2.45) is 10.9 Å². The molecule has 8 nitrogen and oxygen atoms in total. The molecule has 0 atom stereocenters. The molecule has 20 heavy (non-hydrogen) atoms. The number of nitro groups is 1. The third-order valence-electron chi connectivity index (χ3n) is 2.57.